The van der Waals surface area contributed by atoms with Crippen molar-refractivity contribution in [3.63, 3.8) is 0 Å². The molecule has 5 nitrogen and oxygen atoms in total. The third-order valence-corrected chi connectivity index (χ3v) is 3.91. The molecule has 1 aromatic carbocycles. The van der Waals surface area contributed by atoms with Gasteiger partial charge >= 0.3 is 0 Å². The first-order valence-electron chi connectivity index (χ1n) is 6.41. The van der Waals surface area contributed by atoms with E-state index < -0.39 is 6.04 Å². The van der Waals surface area contributed by atoms with Crippen molar-refractivity contribution in [2.75, 3.05) is 19.4 Å². The van der Waals surface area contributed by atoms with Gasteiger partial charge in [0, 0.05) is 19.0 Å². The molecule has 1 aromatic heterocycles. The lowest BCUT2D eigenvalue weighted by molar-refractivity contribution is -0.117. The summed E-state index contributed by atoms with van der Waals surface area (Å²) in [6.07, 6.45) is 0. The SMILES string of the molecule is CN(C)C(=O)c1ccccc1NC(=O)C(N)c1cccs1. The highest BCUT2D eigenvalue weighted by Gasteiger charge is 2.20. The van der Waals surface area contributed by atoms with Gasteiger partial charge in [0.15, 0.2) is 0 Å². The molecule has 0 saturated heterocycles. The number of amides is 2. The normalized spacial score (nSPS) is 11.8. The van der Waals surface area contributed by atoms with Gasteiger partial charge in [-0.1, -0.05) is 18.2 Å². The Labute approximate surface area is 127 Å². The molecular weight excluding hydrogens is 286 g/mol. The number of nitrogens with two attached hydrogens (primary N) is 1. The summed E-state index contributed by atoms with van der Waals surface area (Å²) < 4.78 is 0. The van der Waals surface area contributed by atoms with Gasteiger partial charge < -0.3 is 16.0 Å². The molecule has 0 bridgehead atoms. The molecule has 0 saturated carbocycles. The Bertz CT molecular complexity index is 638. The minimum absolute atomic E-state index is 0.171. The lowest BCUT2D eigenvalue weighted by atomic mass is 10.1. The van der Waals surface area contributed by atoms with Crippen molar-refractivity contribution in [3.05, 3.63) is 52.2 Å². The van der Waals surface area contributed by atoms with Crippen LogP contribution in [0.5, 0.6) is 0 Å². The number of carbonyl (C=O) groups is 2. The Morgan fingerprint density at radius 1 is 1.19 bits per heavy atom. The summed E-state index contributed by atoms with van der Waals surface area (Å²) in [4.78, 5) is 26.5. The summed E-state index contributed by atoms with van der Waals surface area (Å²) in [7, 11) is 3.33. The molecular formula is C15H17N3O2S. The molecule has 1 unspecified atom stereocenters. The van der Waals surface area contributed by atoms with Crippen LogP contribution >= 0.6 is 11.3 Å². The van der Waals surface area contributed by atoms with Crippen molar-refractivity contribution in [2.24, 2.45) is 5.73 Å². The van der Waals surface area contributed by atoms with E-state index in [1.807, 2.05) is 17.5 Å². The second kappa shape index (κ2) is 6.51. The summed E-state index contributed by atoms with van der Waals surface area (Å²) in [6, 6.07) is 9.80. The molecule has 0 aliphatic rings. The largest absolute Gasteiger partial charge is 0.345 e. The predicted molar refractivity (Wildman–Crippen MR) is 84.3 cm³/mol. The molecule has 1 atom stereocenters. The van der Waals surface area contributed by atoms with Crippen LogP contribution in [0.2, 0.25) is 0 Å². The van der Waals surface area contributed by atoms with E-state index in [-0.39, 0.29) is 11.8 Å². The van der Waals surface area contributed by atoms with Gasteiger partial charge in [-0.2, -0.15) is 0 Å². The van der Waals surface area contributed by atoms with E-state index >= 15 is 0 Å². The van der Waals surface area contributed by atoms with E-state index in [9.17, 15) is 9.59 Å². The third-order valence-electron chi connectivity index (χ3n) is 2.95. The lowest BCUT2D eigenvalue weighted by Gasteiger charge is -2.16. The molecule has 0 fully saturated rings. The zero-order valence-corrected chi connectivity index (χ0v) is 12.7. The molecule has 2 amide bonds. The summed E-state index contributed by atoms with van der Waals surface area (Å²) in [5.74, 6) is -0.507. The summed E-state index contributed by atoms with van der Waals surface area (Å²) >= 11 is 1.42. The fourth-order valence-electron chi connectivity index (χ4n) is 1.83. The number of para-hydroxylation sites is 1. The predicted octanol–water partition coefficient (Wildman–Crippen LogP) is 2.09. The Kier molecular flexibility index (Phi) is 4.72. The number of hydrogen-bond donors (Lipinski definition) is 2. The van der Waals surface area contributed by atoms with Gasteiger partial charge in [-0.3, -0.25) is 9.59 Å². The molecule has 0 aliphatic heterocycles. The summed E-state index contributed by atoms with van der Waals surface area (Å²) in [5.41, 5.74) is 6.82. The number of hydrogen-bond acceptors (Lipinski definition) is 4. The fraction of sp³-hybridized carbons (Fsp3) is 0.200. The number of benzene rings is 1. The zero-order valence-electron chi connectivity index (χ0n) is 11.9. The van der Waals surface area contributed by atoms with Crippen molar-refractivity contribution >= 4 is 28.8 Å². The van der Waals surface area contributed by atoms with Crippen LogP contribution in [0, 0.1) is 0 Å². The average Bonchev–Trinajstić information content (AvgIpc) is 3.00. The Morgan fingerprint density at radius 2 is 1.90 bits per heavy atom. The Hall–Kier alpha value is -2.18. The number of nitrogens with zero attached hydrogens (tertiary/aromatic N) is 1. The standard InChI is InChI=1S/C15H17N3O2S/c1-18(2)15(20)10-6-3-4-7-11(10)17-14(19)13(16)12-8-5-9-21-12/h3-9,13H,16H2,1-2H3,(H,17,19). The maximum Gasteiger partial charge on any atom is 0.255 e. The van der Waals surface area contributed by atoms with Crippen LogP contribution in [0.15, 0.2) is 41.8 Å². The number of nitrogens with one attached hydrogen (secondary N) is 1. The van der Waals surface area contributed by atoms with E-state index in [1.54, 1.807) is 38.4 Å². The van der Waals surface area contributed by atoms with Crippen molar-refractivity contribution in [1.82, 2.24) is 4.90 Å². The van der Waals surface area contributed by atoms with Crippen molar-refractivity contribution in [2.45, 2.75) is 6.04 Å². The molecule has 3 N–H and O–H groups in total. The van der Waals surface area contributed by atoms with Gasteiger partial charge in [-0.15, -0.1) is 11.3 Å². The highest BCUT2D eigenvalue weighted by atomic mass is 32.1. The van der Waals surface area contributed by atoms with Crippen LogP contribution < -0.4 is 11.1 Å². The first-order chi connectivity index (χ1) is 10.0. The summed E-state index contributed by atoms with van der Waals surface area (Å²) in [6.45, 7) is 0. The highest BCUT2D eigenvalue weighted by Crippen LogP contribution is 2.21. The van der Waals surface area contributed by atoms with Gasteiger partial charge in [0.2, 0.25) is 5.91 Å². The number of rotatable bonds is 4. The van der Waals surface area contributed by atoms with Crippen LogP contribution in [0.3, 0.4) is 0 Å². The third kappa shape index (κ3) is 3.48. The fourth-order valence-corrected chi connectivity index (χ4v) is 2.55. The van der Waals surface area contributed by atoms with E-state index in [0.717, 1.165) is 4.88 Å². The minimum Gasteiger partial charge on any atom is -0.345 e. The molecule has 1 heterocycles. The highest BCUT2D eigenvalue weighted by molar-refractivity contribution is 7.10. The quantitative estimate of drug-likeness (QED) is 0.908. The van der Waals surface area contributed by atoms with Gasteiger partial charge in [0.1, 0.15) is 6.04 Å². The zero-order chi connectivity index (χ0) is 15.4. The van der Waals surface area contributed by atoms with E-state index in [1.165, 1.54) is 16.2 Å². The van der Waals surface area contributed by atoms with Crippen LogP contribution in [-0.4, -0.2) is 30.8 Å². The first kappa shape index (κ1) is 15.2. The molecule has 2 aromatic rings. The van der Waals surface area contributed by atoms with Crippen molar-refractivity contribution < 1.29 is 9.59 Å². The number of carbonyl (C=O) groups excluding carboxylic acids is 2. The van der Waals surface area contributed by atoms with Crippen LogP contribution in [-0.2, 0) is 4.79 Å². The monoisotopic (exact) mass is 303 g/mol. The van der Waals surface area contributed by atoms with Gasteiger partial charge in [-0.05, 0) is 23.6 Å². The smallest absolute Gasteiger partial charge is 0.255 e. The van der Waals surface area contributed by atoms with E-state index in [2.05, 4.69) is 5.32 Å². The number of anilines is 1. The Balaban J connectivity index is 2.20. The van der Waals surface area contributed by atoms with E-state index in [0.29, 0.717) is 11.3 Å². The second-order valence-corrected chi connectivity index (χ2v) is 5.71. The Morgan fingerprint density at radius 3 is 2.52 bits per heavy atom. The van der Waals surface area contributed by atoms with Crippen LogP contribution in [0.25, 0.3) is 0 Å². The van der Waals surface area contributed by atoms with Crippen molar-refractivity contribution in [1.29, 1.82) is 0 Å². The number of thiophene rings is 1. The van der Waals surface area contributed by atoms with Gasteiger partial charge in [-0.25, -0.2) is 0 Å². The van der Waals surface area contributed by atoms with Crippen LogP contribution in [0.1, 0.15) is 21.3 Å². The molecule has 0 spiro atoms. The van der Waals surface area contributed by atoms with Gasteiger partial charge in [0.25, 0.3) is 5.91 Å². The topological polar surface area (TPSA) is 75.4 Å². The second-order valence-electron chi connectivity index (χ2n) is 4.73. The van der Waals surface area contributed by atoms with Gasteiger partial charge in [0.05, 0.1) is 11.3 Å². The van der Waals surface area contributed by atoms with Crippen LogP contribution in [0.4, 0.5) is 5.69 Å². The lowest BCUT2D eigenvalue weighted by Crippen LogP contribution is -2.29. The maximum absolute atomic E-state index is 12.2. The molecule has 21 heavy (non-hydrogen) atoms. The maximum atomic E-state index is 12.2. The average molecular weight is 303 g/mol. The molecule has 110 valence electrons. The molecule has 6 heteroatoms. The molecule has 2 rings (SSSR count). The van der Waals surface area contributed by atoms with E-state index in [4.69, 9.17) is 5.73 Å². The summed E-state index contributed by atoms with van der Waals surface area (Å²) in [5, 5.41) is 4.60. The van der Waals surface area contributed by atoms with Crippen molar-refractivity contribution in [3.8, 4) is 0 Å². The molecule has 0 radical (unpaired) electrons. The molecule has 0 aliphatic carbocycles. The minimum atomic E-state index is -0.743. The first-order valence-corrected chi connectivity index (χ1v) is 7.29.